The highest BCUT2D eigenvalue weighted by atomic mass is 32.1. The number of amides is 2. The molecule has 1 aliphatic rings. The van der Waals surface area contributed by atoms with E-state index < -0.39 is 11.7 Å². The van der Waals surface area contributed by atoms with E-state index in [0.29, 0.717) is 37.5 Å². The third-order valence-corrected chi connectivity index (χ3v) is 5.60. The molecule has 3 rings (SSSR count). The highest BCUT2D eigenvalue weighted by molar-refractivity contribution is 7.11. The summed E-state index contributed by atoms with van der Waals surface area (Å²) in [5.74, 6) is 0.372. The van der Waals surface area contributed by atoms with Gasteiger partial charge in [0.2, 0.25) is 0 Å². The van der Waals surface area contributed by atoms with E-state index >= 15 is 0 Å². The Bertz CT molecular complexity index is 1050. The van der Waals surface area contributed by atoms with Crippen molar-refractivity contribution in [3.63, 3.8) is 0 Å². The molecule has 0 saturated heterocycles. The molecule has 8 nitrogen and oxygen atoms in total. The van der Waals surface area contributed by atoms with Crippen LogP contribution in [0.15, 0.2) is 40.3 Å². The minimum Gasteiger partial charge on any atom is -0.444 e. The van der Waals surface area contributed by atoms with Gasteiger partial charge in [0.25, 0.3) is 5.91 Å². The lowest BCUT2D eigenvalue weighted by atomic mass is 10.1. The zero-order chi connectivity index (χ0) is 24.0. The first-order valence-corrected chi connectivity index (χ1v) is 11.8. The fraction of sp³-hybridized carbons (Fsp3) is 0.417. The molecule has 0 saturated carbocycles. The van der Waals surface area contributed by atoms with E-state index in [9.17, 15) is 9.59 Å². The lowest BCUT2D eigenvalue weighted by molar-refractivity contribution is -0.127. The number of pyridine rings is 1. The summed E-state index contributed by atoms with van der Waals surface area (Å²) < 4.78 is 5.24. The third kappa shape index (κ3) is 7.15. The molecule has 2 aromatic heterocycles. The number of carbonyl (C=O) groups excluding carboxylic acids is 2. The highest BCUT2D eigenvalue weighted by Crippen LogP contribution is 2.31. The summed E-state index contributed by atoms with van der Waals surface area (Å²) in [6.07, 6.45) is 4.27. The van der Waals surface area contributed by atoms with Gasteiger partial charge in [-0.05, 0) is 56.3 Å². The highest BCUT2D eigenvalue weighted by Gasteiger charge is 2.22. The number of alkyl carbamates (subject to hydrolysis) is 1. The molecule has 0 fully saturated rings. The molecular weight excluding hydrogens is 438 g/mol. The Morgan fingerprint density at radius 1 is 1.27 bits per heavy atom. The van der Waals surface area contributed by atoms with E-state index in [1.54, 1.807) is 22.4 Å². The summed E-state index contributed by atoms with van der Waals surface area (Å²) in [7, 11) is 0. The van der Waals surface area contributed by atoms with Crippen molar-refractivity contribution in [3.8, 4) is 0 Å². The minimum absolute atomic E-state index is 0.0614. The van der Waals surface area contributed by atoms with Crippen molar-refractivity contribution in [2.24, 2.45) is 10.7 Å². The number of rotatable bonds is 7. The second kappa shape index (κ2) is 10.6. The molecule has 3 N–H and O–H groups in total. The SMILES string of the molecule is CCCN(Cc1ccc(CNC(=O)OC(C)(C)C)cn1)C(=O)C1=Cc2sccc2N=C(N)C1. The zero-order valence-electron chi connectivity index (χ0n) is 19.6. The number of nitrogens with two attached hydrogens (primary N) is 1. The molecule has 9 heteroatoms. The van der Waals surface area contributed by atoms with Crippen LogP contribution in [0.25, 0.3) is 6.08 Å². The van der Waals surface area contributed by atoms with E-state index in [1.165, 1.54) is 0 Å². The zero-order valence-corrected chi connectivity index (χ0v) is 20.4. The Balaban J connectivity index is 1.66. The number of fused-ring (bicyclic) bond motifs is 1. The van der Waals surface area contributed by atoms with E-state index in [2.05, 4.69) is 15.3 Å². The summed E-state index contributed by atoms with van der Waals surface area (Å²) in [5.41, 5.74) is 8.56. The van der Waals surface area contributed by atoms with Gasteiger partial charge in [-0.3, -0.25) is 9.78 Å². The molecule has 0 atom stereocenters. The molecular formula is C24H31N5O3S. The van der Waals surface area contributed by atoms with Gasteiger partial charge >= 0.3 is 6.09 Å². The van der Waals surface area contributed by atoms with Crippen LogP contribution in [-0.4, -0.2) is 39.9 Å². The van der Waals surface area contributed by atoms with Crippen LogP contribution in [0.5, 0.6) is 0 Å². The number of hydrogen-bond donors (Lipinski definition) is 2. The van der Waals surface area contributed by atoms with Crippen molar-refractivity contribution in [1.29, 1.82) is 0 Å². The molecule has 2 amide bonds. The smallest absolute Gasteiger partial charge is 0.407 e. The monoisotopic (exact) mass is 469 g/mol. The molecule has 0 aliphatic carbocycles. The van der Waals surface area contributed by atoms with Gasteiger partial charge in [0, 0.05) is 31.3 Å². The Kier molecular flexibility index (Phi) is 7.86. The Morgan fingerprint density at radius 2 is 2.06 bits per heavy atom. The van der Waals surface area contributed by atoms with Gasteiger partial charge in [0.1, 0.15) is 11.4 Å². The largest absolute Gasteiger partial charge is 0.444 e. The molecule has 3 heterocycles. The number of ether oxygens (including phenoxy) is 1. The van der Waals surface area contributed by atoms with Crippen molar-refractivity contribution < 1.29 is 14.3 Å². The van der Waals surface area contributed by atoms with Gasteiger partial charge in [-0.15, -0.1) is 11.3 Å². The van der Waals surface area contributed by atoms with Crippen molar-refractivity contribution >= 4 is 40.9 Å². The maximum Gasteiger partial charge on any atom is 0.407 e. The predicted octanol–water partition coefficient (Wildman–Crippen LogP) is 4.38. The number of thiophene rings is 1. The van der Waals surface area contributed by atoms with E-state index in [0.717, 1.165) is 28.2 Å². The van der Waals surface area contributed by atoms with E-state index in [1.807, 2.05) is 57.4 Å². The maximum absolute atomic E-state index is 13.3. The normalized spacial score (nSPS) is 13.3. The van der Waals surface area contributed by atoms with Gasteiger partial charge in [-0.2, -0.15) is 0 Å². The third-order valence-electron chi connectivity index (χ3n) is 4.74. The summed E-state index contributed by atoms with van der Waals surface area (Å²) in [6.45, 7) is 8.79. The molecule has 0 aromatic carbocycles. The first kappa shape index (κ1) is 24.4. The summed E-state index contributed by atoms with van der Waals surface area (Å²) in [4.78, 5) is 36.8. The molecule has 0 radical (unpaired) electrons. The molecule has 176 valence electrons. The first-order chi connectivity index (χ1) is 15.6. The number of amidine groups is 1. The van der Waals surface area contributed by atoms with Crippen LogP contribution < -0.4 is 11.1 Å². The van der Waals surface area contributed by atoms with Gasteiger partial charge in [-0.25, -0.2) is 9.79 Å². The lowest BCUT2D eigenvalue weighted by Crippen LogP contribution is -2.34. The first-order valence-electron chi connectivity index (χ1n) is 11.0. The van der Waals surface area contributed by atoms with Gasteiger partial charge in [-0.1, -0.05) is 13.0 Å². The maximum atomic E-state index is 13.3. The summed E-state index contributed by atoms with van der Waals surface area (Å²) in [6, 6.07) is 5.67. The predicted molar refractivity (Wildman–Crippen MR) is 131 cm³/mol. The van der Waals surface area contributed by atoms with Gasteiger partial charge < -0.3 is 20.7 Å². The van der Waals surface area contributed by atoms with Crippen molar-refractivity contribution in [2.45, 2.75) is 59.2 Å². The van der Waals surface area contributed by atoms with Crippen molar-refractivity contribution in [1.82, 2.24) is 15.2 Å². The molecule has 0 bridgehead atoms. The van der Waals surface area contributed by atoms with Crippen molar-refractivity contribution in [3.05, 3.63) is 51.5 Å². The van der Waals surface area contributed by atoms with Crippen LogP contribution in [0.4, 0.5) is 10.5 Å². The number of hydrogen-bond acceptors (Lipinski definition) is 7. The summed E-state index contributed by atoms with van der Waals surface area (Å²) in [5, 5.41) is 4.66. The van der Waals surface area contributed by atoms with Crippen LogP contribution >= 0.6 is 11.3 Å². The standard InChI is InChI=1S/C24H31N5O3S/c1-5-9-29(22(30)17-11-20-19(8-10-33-20)28-21(25)12-17)15-18-7-6-16(13-26-18)14-27-23(31)32-24(2,3)4/h6-8,10-11,13H,5,9,12,14-15H2,1-4H3,(H2,25,28)(H,27,31). The number of nitrogens with zero attached hydrogens (tertiary/aromatic N) is 3. The molecule has 0 spiro atoms. The molecule has 2 aromatic rings. The molecule has 1 aliphatic heterocycles. The molecule has 33 heavy (non-hydrogen) atoms. The lowest BCUT2D eigenvalue weighted by Gasteiger charge is -2.23. The van der Waals surface area contributed by atoms with Crippen LogP contribution in [0.2, 0.25) is 0 Å². The quantitative estimate of drug-likeness (QED) is 0.625. The topological polar surface area (TPSA) is 110 Å². The number of aliphatic imine (C=N–C) groups is 1. The fourth-order valence-corrected chi connectivity index (χ4v) is 4.10. The van der Waals surface area contributed by atoms with Crippen LogP contribution in [0.3, 0.4) is 0 Å². The number of nitrogens with one attached hydrogen (secondary N) is 1. The average Bonchev–Trinajstić information content (AvgIpc) is 3.10. The van der Waals surface area contributed by atoms with Gasteiger partial charge in [0.15, 0.2) is 0 Å². The van der Waals surface area contributed by atoms with Crippen LogP contribution in [-0.2, 0) is 22.6 Å². The van der Waals surface area contributed by atoms with Gasteiger partial charge in [0.05, 0.1) is 22.8 Å². The Labute approximate surface area is 198 Å². The second-order valence-electron chi connectivity index (χ2n) is 8.86. The number of aromatic nitrogens is 1. The van der Waals surface area contributed by atoms with Crippen molar-refractivity contribution in [2.75, 3.05) is 6.54 Å². The second-order valence-corrected chi connectivity index (χ2v) is 9.81. The van der Waals surface area contributed by atoms with Crippen LogP contribution in [0, 0.1) is 0 Å². The fourth-order valence-electron chi connectivity index (χ4n) is 3.31. The Hall–Kier alpha value is -3.20. The van der Waals surface area contributed by atoms with E-state index in [4.69, 9.17) is 10.5 Å². The van der Waals surface area contributed by atoms with E-state index in [-0.39, 0.29) is 5.91 Å². The average molecular weight is 470 g/mol. The molecule has 0 unspecified atom stereocenters. The summed E-state index contributed by atoms with van der Waals surface area (Å²) >= 11 is 1.54. The van der Waals surface area contributed by atoms with Crippen LogP contribution in [0.1, 0.15) is 56.7 Å². The minimum atomic E-state index is -0.546. The Morgan fingerprint density at radius 3 is 2.73 bits per heavy atom. The number of carbonyl (C=O) groups is 2.